The molecule has 2 aliphatic rings. The predicted molar refractivity (Wildman–Crippen MR) is 84.4 cm³/mol. The molecule has 2 aliphatic heterocycles. The molecule has 1 N–H and O–H groups in total. The van der Waals surface area contributed by atoms with E-state index in [0.29, 0.717) is 4.90 Å². The van der Waals surface area contributed by atoms with Gasteiger partial charge in [-0.15, -0.1) is 23.7 Å². The van der Waals surface area contributed by atoms with Crippen LogP contribution in [-0.2, 0) is 10.0 Å². The highest BCUT2D eigenvalue weighted by atomic mass is 35.5. The molecule has 3 rings (SSSR count). The molecule has 0 amide bonds. The van der Waals surface area contributed by atoms with Gasteiger partial charge in [0.05, 0.1) is 4.90 Å². The standard InChI is InChI=1S/C13H20N2O2S2.ClH/c1-9-7-13(10(2)18-9)19(16,17)15-11-3-4-12(15)8-14-6-5-11;/h7,11-12,14H,3-6,8H2,1-2H3;1H. The third-order valence-corrected chi connectivity index (χ3v) is 7.36. The average molecular weight is 337 g/mol. The molecule has 0 saturated carbocycles. The second-order valence-corrected chi connectivity index (χ2v) is 8.76. The highest BCUT2D eigenvalue weighted by molar-refractivity contribution is 7.89. The predicted octanol–water partition coefficient (Wildman–Crippen LogP) is 2.30. The molecule has 2 saturated heterocycles. The monoisotopic (exact) mass is 336 g/mol. The van der Waals surface area contributed by atoms with E-state index in [1.165, 1.54) is 0 Å². The van der Waals surface area contributed by atoms with E-state index in [4.69, 9.17) is 0 Å². The smallest absolute Gasteiger partial charge is 0.244 e. The van der Waals surface area contributed by atoms with Crippen LogP contribution in [0.2, 0.25) is 0 Å². The first kappa shape index (κ1) is 16.2. The zero-order chi connectivity index (χ0) is 13.6. The van der Waals surface area contributed by atoms with Crippen LogP contribution in [0, 0.1) is 13.8 Å². The Morgan fingerprint density at radius 2 is 1.95 bits per heavy atom. The van der Waals surface area contributed by atoms with Gasteiger partial charge in [-0.25, -0.2) is 8.42 Å². The molecule has 2 unspecified atom stereocenters. The SMILES string of the molecule is Cc1cc(S(=O)(=O)N2C3CCNCC2CC3)c(C)s1.Cl. The number of hydrogen-bond donors (Lipinski definition) is 1. The molecular weight excluding hydrogens is 316 g/mol. The van der Waals surface area contributed by atoms with E-state index in [2.05, 4.69) is 5.32 Å². The van der Waals surface area contributed by atoms with E-state index in [0.717, 1.165) is 42.1 Å². The summed E-state index contributed by atoms with van der Waals surface area (Å²) in [5.74, 6) is 0. The van der Waals surface area contributed by atoms with E-state index >= 15 is 0 Å². The van der Waals surface area contributed by atoms with Gasteiger partial charge < -0.3 is 5.32 Å². The molecule has 4 nitrogen and oxygen atoms in total. The van der Waals surface area contributed by atoms with Crippen molar-refractivity contribution in [3.63, 3.8) is 0 Å². The molecule has 20 heavy (non-hydrogen) atoms. The summed E-state index contributed by atoms with van der Waals surface area (Å²) >= 11 is 1.57. The fraction of sp³-hybridized carbons (Fsp3) is 0.692. The van der Waals surface area contributed by atoms with E-state index in [1.807, 2.05) is 19.9 Å². The molecule has 2 bridgehead atoms. The molecule has 114 valence electrons. The Morgan fingerprint density at radius 3 is 2.60 bits per heavy atom. The van der Waals surface area contributed by atoms with Crippen molar-refractivity contribution in [3.05, 3.63) is 15.8 Å². The van der Waals surface area contributed by atoms with Crippen LogP contribution in [-0.4, -0.2) is 37.9 Å². The number of nitrogens with zero attached hydrogens (tertiary/aromatic N) is 1. The van der Waals surface area contributed by atoms with Crippen molar-refractivity contribution in [2.24, 2.45) is 0 Å². The van der Waals surface area contributed by atoms with Crippen LogP contribution in [0.5, 0.6) is 0 Å². The third kappa shape index (κ3) is 2.64. The molecule has 0 radical (unpaired) electrons. The fourth-order valence-electron chi connectivity index (χ4n) is 3.31. The molecule has 1 aromatic rings. The number of hydrogen-bond acceptors (Lipinski definition) is 4. The lowest BCUT2D eigenvalue weighted by Crippen LogP contribution is -2.42. The molecular formula is C13H21ClN2O2S2. The summed E-state index contributed by atoms with van der Waals surface area (Å²) in [5.41, 5.74) is 0. The Kier molecular flexibility index (Phi) is 4.81. The minimum absolute atomic E-state index is 0. The quantitative estimate of drug-likeness (QED) is 0.901. The van der Waals surface area contributed by atoms with E-state index in [1.54, 1.807) is 15.6 Å². The molecule has 2 fully saturated rings. The Hall–Kier alpha value is -0.140. The van der Waals surface area contributed by atoms with Crippen molar-refractivity contribution in [1.82, 2.24) is 9.62 Å². The zero-order valence-electron chi connectivity index (χ0n) is 11.8. The van der Waals surface area contributed by atoms with Crippen LogP contribution in [0.1, 0.15) is 29.0 Å². The summed E-state index contributed by atoms with van der Waals surface area (Å²) in [6.45, 7) is 5.59. The van der Waals surface area contributed by atoms with Crippen LogP contribution < -0.4 is 5.32 Å². The maximum atomic E-state index is 12.9. The van der Waals surface area contributed by atoms with Crippen molar-refractivity contribution >= 4 is 33.8 Å². The van der Waals surface area contributed by atoms with Gasteiger partial charge in [0, 0.05) is 28.4 Å². The Bertz CT molecular complexity index is 571. The molecule has 2 atom stereocenters. The first-order valence-electron chi connectivity index (χ1n) is 6.81. The van der Waals surface area contributed by atoms with Crippen molar-refractivity contribution in [2.45, 2.75) is 50.1 Å². The van der Waals surface area contributed by atoms with Gasteiger partial charge in [0.2, 0.25) is 10.0 Å². The molecule has 0 aliphatic carbocycles. The maximum Gasteiger partial charge on any atom is 0.244 e. The van der Waals surface area contributed by atoms with Crippen LogP contribution >= 0.6 is 23.7 Å². The lowest BCUT2D eigenvalue weighted by atomic mass is 10.1. The molecule has 0 spiro atoms. The molecule has 7 heteroatoms. The maximum absolute atomic E-state index is 12.9. The molecule has 0 aromatic carbocycles. The largest absolute Gasteiger partial charge is 0.315 e. The Labute approximate surface area is 131 Å². The molecule has 1 aromatic heterocycles. The van der Waals surface area contributed by atoms with Crippen molar-refractivity contribution in [3.8, 4) is 0 Å². The van der Waals surface area contributed by atoms with Gasteiger partial charge in [-0.05, 0) is 45.7 Å². The number of nitrogens with one attached hydrogen (secondary N) is 1. The number of aryl methyl sites for hydroxylation is 2. The van der Waals surface area contributed by atoms with Crippen molar-refractivity contribution in [2.75, 3.05) is 13.1 Å². The second kappa shape index (κ2) is 5.93. The van der Waals surface area contributed by atoms with Crippen LogP contribution in [0.3, 0.4) is 0 Å². The Balaban J connectivity index is 0.00000147. The lowest BCUT2D eigenvalue weighted by molar-refractivity contribution is 0.334. The topological polar surface area (TPSA) is 49.4 Å². The number of rotatable bonds is 2. The van der Waals surface area contributed by atoms with Gasteiger partial charge in [0.25, 0.3) is 0 Å². The minimum atomic E-state index is -3.33. The lowest BCUT2D eigenvalue weighted by Gasteiger charge is -2.26. The summed E-state index contributed by atoms with van der Waals surface area (Å²) in [6, 6.07) is 2.15. The van der Waals surface area contributed by atoms with Crippen LogP contribution in [0.25, 0.3) is 0 Å². The fourth-order valence-corrected chi connectivity index (χ4v) is 6.73. The van der Waals surface area contributed by atoms with Gasteiger partial charge in [-0.1, -0.05) is 0 Å². The highest BCUT2D eigenvalue weighted by Crippen LogP contribution is 2.36. The summed E-state index contributed by atoms with van der Waals surface area (Å²) in [4.78, 5) is 2.50. The van der Waals surface area contributed by atoms with Gasteiger partial charge in [-0.3, -0.25) is 0 Å². The number of fused-ring (bicyclic) bond motifs is 2. The van der Waals surface area contributed by atoms with Crippen molar-refractivity contribution < 1.29 is 8.42 Å². The summed E-state index contributed by atoms with van der Waals surface area (Å²) in [7, 11) is -3.33. The van der Waals surface area contributed by atoms with E-state index in [-0.39, 0.29) is 24.5 Å². The summed E-state index contributed by atoms with van der Waals surface area (Å²) < 4.78 is 27.7. The number of sulfonamides is 1. The normalized spacial score (nSPS) is 27.1. The van der Waals surface area contributed by atoms with E-state index < -0.39 is 10.0 Å². The average Bonchev–Trinajstić information content (AvgIpc) is 2.78. The third-order valence-electron chi connectivity index (χ3n) is 4.14. The zero-order valence-corrected chi connectivity index (χ0v) is 14.2. The number of halogens is 1. The summed E-state index contributed by atoms with van der Waals surface area (Å²) in [5, 5.41) is 3.35. The first-order valence-corrected chi connectivity index (χ1v) is 9.07. The summed E-state index contributed by atoms with van der Waals surface area (Å²) in [6.07, 6.45) is 2.92. The minimum Gasteiger partial charge on any atom is -0.315 e. The van der Waals surface area contributed by atoms with Gasteiger partial charge in [0.15, 0.2) is 0 Å². The van der Waals surface area contributed by atoms with Crippen molar-refractivity contribution in [1.29, 1.82) is 0 Å². The van der Waals surface area contributed by atoms with E-state index in [9.17, 15) is 8.42 Å². The van der Waals surface area contributed by atoms with Crippen LogP contribution in [0.15, 0.2) is 11.0 Å². The number of thiophene rings is 1. The van der Waals surface area contributed by atoms with Gasteiger partial charge in [0.1, 0.15) is 0 Å². The second-order valence-electron chi connectivity index (χ2n) is 5.49. The highest BCUT2D eigenvalue weighted by Gasteiger charge is 2.43. The first-order chi connectivity index (χ1) is 9.00. The van der Waals surface area contributed by atoms with Gasteiger partial charge in [-0.2, -0.15) is 4.31 Å². The Morgan fingerprint density at radius 1 is 1.25 bits per heavy atom. The van der Waals surface area contributed by atoms with Gasteiger partial charge >= 0.3 is 0 Å². The van der Waals surface area contributed by atoms with Crippen LogP contribution in [0.4, 0.5) is 0 Å². The molecule has 3 heterocycles.